The van der Waals surface area contributed by atoms with Gasteiger partial charge in [-0.05, 0) is 31.0 Å². The largest absolute Gasteiger partial charge is 0.495 e. The molecule has 4 rings (SSSR count). The summed E-state index contributed by atoms with van der Waals surface area (Å²) in [6.45, 7) is 3.37. The summed E-state index contributed by atoms with van der Waals surface area (Å²) < 4.78 is 34.4. The lowest BCUT2D eigenvalue weighted by Crippen LogP contribution is -2.20. The molecule has 3 N–H and O–H groups in total. The van der Waals surface area contributed by atoms with Crippen molar-refractivity contribution in [3.05, 3.63) is 30.0 Å². The molecule has 0 bridgehead atoms. The molecule has 0 aliphatic carbocycles. The molecule has 10 heteroatoms. The summed E-state index contributed by atoms with van der Waals surface area (Å²) in [6, 6.07) is 4.83. The minimum absolute atomic E-state index is 0.180. The summed E-state index contributed by atoms with van der Waals surface area (Å²) in [5.41, 5.74) is 2.31. The molecule has 3 aromatic rings. The topological polar surface area (TPSA) is 118 Å². The molecule has 1 aliphatic rings. The van der Waals surface area contributed by atoms with Crippen molar-refractivity contribution in [2.24, 2.45) is 0 Å². The highest BCUT2D eigenvalue weighted by Crippen LogP contribution is 2.32. The van der Waals surface area contributed by atoms with Crippen LogP contribution in [0.15, 0.2) is 29.3 Å². The van der Waals surface area contributed by atoms with Crippen LogP contribution in [0.25, 0.3) is 11.0 Å². The summed E-state index contributed by atoms with van der Waals surface area (Å²) >= 11 is 0. The fourth-order valence-electron chi connectivity index (χ4n) is 3.32. The van der Waals surface area contributed by atoms with Crippen LogP contribution in [0.5, 0.6) is 5.75 Å². The molecule has 29 heavy (non-hydrogen) atoms. The van der Waals surface area contributed by atoms with Crippen LogP contribution in [-0.4, -0.2) is 56.0 Å². The number of hydrogen-bond donors (Lipinski definition) is 3. The van der Waals surface area contributed by atoms with E-state index in [9.17, 15) is 8.42 Å². The van der Waals surface area contributed by atoms with Crippen LogP contribution in [0.2, 0.25) is 0 Å². The average molecular weight is 417 g/mol. The molecule has 1 aliphatic heterocycles. The molecule has 9 nitrogen and oxygen atoms in total. The van der Waals surface area contributed by atoms with Crippen LogP contribution in [0.1, 0.15) is 12.0 Å². The van der Waals surface area contributed by atoms with E-state index in [1.165, 1.54) is 19.2 Å². The average Bonchev–Trinajstić information content (AvgIpc) is 3.31. The van der Waals surface area contributed by atoms with E-state index in [-0.39, 0.29) is 10.9 Å². The number of methoxy groups -OCH3 is 1. The third kappa shape index (κ3) is 3.99. The number of benzene rings is 1. The number of nitrogens with zero attached hydrogens (tertiary/aromatic N) is 2. The predicted octanol–water partition coefficient (Wildman–Crippen LogP) is 2.62. The molecule has 1 aromatic carbocycles. The Labute approximate surface area is 168 Å². The Morgan fingerprint density at radius 1 is 1.31 bits per heavy atom. The van der Waals surface area contributed by atoms with Gasteiger partial charge in [-0.2, -0.15) is 9.97 Å². The molecule has 1 atom stereocenters. The van der Waals surface area contributed by atoms with E-state index in [2.05, 4.69) is 25.6 Å². The maximum atomic E-state index is 11.8. The molecule has 2 aromatic heterocycles. The lowest BCUT2D eigenvalue weighted by Gasteiger charge is -2.15. The van der Waals surface area contributed by atoms with Gasteiger partial charge < -0.3 is 25.1 Å². The molecular weight excluding hydrogens is 394 g/mol. The smallest absolute Gasteiger partial charge is 0.231 e. The second kappa shape index (κ2) is 7.53. The van der Waals surface area contributed by atoms with Crippen molar-refractivity contribution in [1.29, 1.82) is 0 Å². The Balaban J connectivity index is 1.71. The second-order valence-corrected chi connectivity index (χ2v) is 9.07. The van der Waals surface area contributed by atoms with E-state index in [4.69, 9.17) is 9.47 Å². The van der Waals surface area contributed by atoms with Gasteiger partial charge in [0.05, 0.1) is 35.7 Å². The van der Waals surface area contributed by atoms with Crippen molar-refractivity contribution in [3.8, 4) is 5.75 Å². The first-order chi connectivity index (χ1) is 13.8. The quantitative estimate of drug-likeness (QED) is 0.560. The Kier molecular flexibility index (Phi) is 5.05. The van der Waals surface area contributed by atoms with E-state index in [0.29, 0.717) is 29.6 Å². The first kappa shape index (κ1) is 19.5. The highest BCUT2D eigenvalue weighted by atomic mass is 32.2. The summed E-state index contributed by atoms with van der Waals surface area (Å²) in [4.78, 5) is 12.6. The molecule has 0 spiro atoms. The van der Waals surface area contributed by atoms with Crippen molar-refractivity contribution < 1.29 is 17.9 Å². The maximum absolute atomic E-state index is 11.8. The van der Waals surface area contributed by atoms with Gasteiger partial charge in [0, 0.05) is 25.1 Å². The fraction of sp³-hybridized carbons (Fsp3) is 0.368. The van der Waals surface area contributed by atoms with E-state index < -0.39 is 9.84 Å². The summed E-state index contributed by atoms with van der Waals surface area (Å²) in [7, 11) is -1.85. The Morgan fingerprint density at radius 2 is 2.14 bits per heavy atom. The third-order valence-electron chi connectivity index (χ3n) is 4.85. The predicted molar refractivity (Wildman–Crippen MR) is 111 cm³/mol. The number of aryl methyl sites for hydroxylation is 1. The van der Waals surface area contributed by atoms with Gasteiger partial charge in [-0.15, -0.1) is 0 Å². The number of anilines is 3. The summed E-state index contributed by atoms with van der Waals surface area (Å²) in [5.74, 6) is 1.47. The zero-order valence-electron chi connectivity index (χ0n) is 16.4. The SMILES string of the molecule is COc1cc(S(C)(=O)=O)ccc1Nc1nc(N[C@@H]2CCOC2)c2c(C)c[nH]c2n1. The monoisotopic (exact) mass is 417 g/mol. The molecule has 0 saturated carbocycles. The van der Waals surface area contributed by atoms with Gasteiger partial charge in [-0.1, -0.05) is 0 Å². The fourth-order valence-corrected chi connectivity index (χ4v) is 3.95. The number of fused-ring (bicyclic) bond motifs is 1. The number of hydrogen-bond acceptors (Lipinski definition) is 8. The highest BCUT2D eigenvalue weighted by Gasteiger charge is 2.20. The van der Waals surface area contributed by atoms with Crippen molar-refractivity contribution in [2.75, 3.05) is 37.2 Å². The van der Waals surface area contributed by atoms with E-state index in [1.54, 1.807) is 6.07 Å². The van der Waals surface area contributed by atoms with Gasteiger partial charge in [0.25, 0.3) is 0 Å². The number of nitrogens with one attached hydrogen (secondary N) is 3. The molecule has 0 unspecified atom stereocenters. The maximum Gasteiger partial charge on any atom is 0.231 e. The van der Waals surface area contributed by atoms with E-state index in [0.717, 1.165) is 36.1 Å². The van der Waals surface area contributed by atoms with Crippen LogP contribution < -0.4 is 15.4 Å². The van der Waals surface area contributed by atoms with Gasteiger partial charge in [-0.25, -0.2) is 8.42 Å². The first-order valence-corrected chi connectivity index (χ1v) is 11.1. The molecule has 3 heterocycles. The zero-order chi connectivity index (χ0) is 20.6. The zero-order valence-corrected chi connectivity index (χ0v) is 17.3. The Hall–Kier alpha value is -2.85. The lowest BCUT2D eigenvalue weighted by atomic mass is 10.2. The van der Waals surface area contributed by atoms with Gasteiger partial charge in [0.1, 0.15) is 17.2 Å². The van der Waals surface area contributed by atoms with Crippen LogP contribution in [0.4, 0.5) is 17.5 Å². The van der Waals surface area contributed by atoms with Crippen molar-refractivity contribution in [1.82, 2.24) is 15.0 Å². The van der Waals surface area contributed by atoms with Gasteiger partial charge >= 0.3 is 0 Å². The Morgan fingerprint density at radius 3 is 2.83 bits per heavy atom. The molecule has 154 valence electrons. The van der Waals surface area contributed by atoms with Gasteiger partial charge in [0.2, 0.25) is 5.95 Å². The molecule has 0 amide bonds. The van der Waals surface area contributed by atoms with Crippen molar-refractivity contribution in [3.63, 3.8) is 0 Å². The van der Waals surface area contributed by atoms with Crippen LogP contribution in [0, 0.1) is 6.92 Å². The summed E-state index contributed by atoms with van der Waals surface area (Å²) in [6.07, 6.45) is 3.96. The van der Waals surface area contributed by atoms with Crippen LogP contribution in [-0.2, 0) is 14.6 Å². The minimum Gasteiger partial charge on any atom is -0.495 e. The van der Waals surface area contributed by atoms with Crippen molar-refractivity contribution >= 4 is 38.3 Å². The van der Waals surface area contributed by atoms with E-state index >= 15 is 0 Å². The number of ether oxygens (including phenoxy) is 2. The molecule has 1 fully saturated rings. The minimum atomic E-state index is -3.34. The van der Waals surface area contributed by atoms with Crippen LogP contribution in [0.3, 0.4) is 0 Å². The van der Waals surface area contributed by atoms with Gasteiger partial charge in [-0.3, -0.25) is 0 Å². The normalized spacial score (nSPS) is 16.9. The van der Waals surface area contributed by atoms with Crippen molar-refractivity contribution in [2.45, 2.75) is 24.3 Å². The number of rotatable bonds is 6. The second-order valence-electron chi connectivity index (χ2n) is 7.06. The third-order valence-corrected chi connectivity index (χ3v) is 5.96. The molecule has 0 radical (unpaired) electrons. The Bertz CT molecular complexity index is 1150. The molecule has 1 saturated heterocycles. The molecular formula is C19H23N5O4S. The van der Waals surface area contributed by atoms with Gasteiger partial charge in [0.15, 0.2) is 9.84 Å². The number of aromatic nitrogens is 3. The van der Waals surface area contributed by atoms with E-state index in [1.807, 2.05) is 13.1 Å². The first-order valence-electron chi connectivity index (χ1n) is 9.20. The summed E-state index contributed by atoms with van der Waals surface area (Å²) in [5, 5.41) is 7.52. The van der Waals surface area contributed by atoms with Crippen LogP contribution >= 0.6 is 0 Å². The number of aromatic amines is 1. The standard InChI is InChI=1S/C19H23N5O4S/c1-11-9-20-17-16(11)18(21-12-6-7-28-10-12)24-19(23-17)22-14-5-4-13(29(3,25)26)8-15(14)27-2/h4-5,8-9,12H,6-7,10H2,1-3H3,(H3,20,21,22,23,24)/t12-/m1/s1. The number of H-pyrrole nitrogens is 1. The number of sulfone groups is 1. The highest BCUT2D eigenvalue weighted by molar-refractivity contribution is 7.90. The lowest BCUT2D eigenvalue weighted by molar-refractivity contribution is 0.195.